The fraction of sp³-hybridized carbons (Fsp3) is 0.552. The van der Waals surface area contributed by atoms with Gasteiger partial charge in [-0.25, -0.2) is 13.2 Å². The van der Waals surface area contributed by atoms with Crippen LogP contribution in [0.5, 0.6) is 0 Å². The summed E-state index contributed by atoms with van der Waals surface area (Å²) < 4.78 is 44.9. The molecule has 4 N–H and O–H groups in total. The average Bonchev–Trinajstić information content (AvgIpc) is 3.54. The highest BCUT2D eigenvalue weighted by atomic mass is 32.2. The Kier molecular flexibility index (Phi) is 12.4. The Labute approximate surface area is 242 Å². The molecular weight excluding hydrogens is 550 g/mol. The van der Waals surface area contributed by atoms with Gasteiger partial charge in [-0.2, -0.15) is 4.31 Å². The number of rotatable bonds is 11. The largest absolute Gasteiger partial charge is 0.855 e. The number of ether oxygens (including phenoxy) is 3. The number of amides is 1. The zero-order valence-electron chi connectivity index (χ0n) is 23.8. The van der Waals surface area contributed by atoms with Gasteiger partial charge < -0.3 is 35.5 Å². The van der Waals surface area contributed by atoms with Crippen LogP contribution in [-0.4, -0.2) is 81.4 Å². The first-order chi connectivity index (χ1) is 19.5. The molecule has 0 spiro atoms. The first-order valence-electron chi connectivity index (χ1n) is 13.9. The number of carbonyl (C=O) groups is 1. The molecule has 12 heteroatoms. The third-order valence-electron chi connectivity index (χ3n) is 6.79. The number of nitrogens with one attached hydrogen (secondary N) is 1. The summed E-state index contributed by atoms with van der Waals surface area (Å²) in [4.78, 5) is 13.0. The standard InChI is InChI=1S/C27H37N3O7S.C2H5O/c1-18(2)15-30(38(33,34)21-10-8-20(28)9-11-21)16-24(31)23(14-19-6-4-3-5-7-19)29-27(32)37-25-17-36-26-22(25)12-13-35-26;1-2-3/h3-11,18,22-26,31H,12-17,28H2,1-2H3,(H,29,32);2H2,1H3/q;-1/t22-,23-,24+,25-,26+;/m0./s1. The summed E-state index contributed by atoms with van der Waals surface area (Å²) in [5.74, 6) is -0.0231. The van der Waals surface area contributed by atoms with E-state index in [1.54, 1.807) is 6.92 Å². The highest BCUT2D eigenvalue weighted by Crippen LogP contribution is 2.33. The predicted octanol–water partition coefficient (Wildman–Crippen LogP) is 1.74. The summed E-state index contributed by atoms with van der Waals surface area (Å²) in [5, 5.41) is 23.0. The molecule has 0 radical (unpaired) electrons. The van der Waals surface area contributed by atoms with Gasteiger partial charge in [-0.1, -0.05) is 51.1 Å². The molecule has 2 aliphatic heterocycles. The molecule has 0 unspecified atom stereocenters. The predicted molar refractivity (Wildman–Crippen MR) is 152 cm³/mol. The van der Waals surface area contributed by atoms with Gasteiger partial charge in [0.2, 0.25) is 10.0 Å². The second kappa shape index (κ2) is 15.5. The summed E-state index contributed by atoms with van der Waals surface area (Å²) in [5.41, 5.74) is 7.07. The van der Waals surface area contributed by atoms with Crippen LogP contribution in [0.25, 0.3) is 0 Å². The van der Waals surface area contributed by atoms with Crippen LogP contribution in [0.15, 0.2) is 59.5 Å². The van der Waals surface area contributed by atoms with Crippen molar-refractivity contribution in [1.29, 1.82) is 0 Å². The maximum absolute atomic E-state index is 13.5. The molecule has 0 aliphatic carbocycles. The second-order valence-electron chi connectivity index (χ2n) is 10.6. The van der Waals surface area contributed by atoms with E-state index in [0.29, 0.717) is 12.3 Å². The van der Waals surface area contributed by atoms with Crippen LogP contribution in [0.1, 0.15) is 32.8 Å². The summed E-state index contributed by atoms with van der Waals surface area (Å²) >= 11 is 0. The fourth-order valence-electron chi connectivity index (χ4n) is 4.82. The van der Waals surface area contributed by atoms with Crippen molar-refractivity contribution in [3.63, 3.8) is 0 Å². The molecule has 2 aliphatic rings. The van der Waals surface area contributed by atoms with Gasteiger partial charge in [0.05, 0.1) is 36.2 Å². The van der Waals surface area contributed by atoms with Crippen LogP contribution >= 0.6 is 0 Å². The quantitative estimate of drug-likeness (QED) is 0.330. The normalized spacial score (nSPS) is 21.6. The van der Waals surface area contributed by atoms with Gasteiger partial charge in [0.25, 0.3) is 0 Å². The first kappa shape index (κ1) is 32.8. The molecule has 228 valence electrons. The van der Waals surface area contributed by atoms with Crippen LogP contribution in [0, 0.1) is 11.8 Å². The minimum absolute atomic E-state index is 0. The molecule has 4 rings (SSSR count). The van der Waals surface area contributed by atoms with E-state index in [4.69, 9.17) is 25.1 Å². The topological polar surface area (TPSA) is 163 Å². The van der Waals surface area contributed by atoms with E-state index in [2.05, 4.69) is 5.32 Å². The van der Waals surface area contributed by atoms with E-state index < -0.39 is 34.4 Å². The summed E-state index contributed by atoms with van der Waals surface area (Å²) in [6, 6.07) is 14.5. The van der Waals surface area contributed by atoms with E-state index in [9.17, 15) is 18.3 Å². The maximum Gasteiger partial charge on any atom is 0.407 e. The van der Waals surface area contributed by atoms with Gasteiger partial charge in [0.1, 0.15) is 6.10 Å². The molecule has 2 fully saturated rings. The number of fused-ring (bicyclic) bond motifs is 1. The van der Waals surface area contributed by atoms with Crippen molar-refractivity contribution >= 4 is 21.8 Å². The Hall–Kier alpha value is -2.74. The monoisotopic (exact) mass is 592 g/mol. The van der Waals surface area contributed by atoms with Gasteiger partial charge in [-0.3, -0.25) is 0 Å². The van der Waals surface area contributed by atoms with Gasteiger partial charge in [0.15, 0.2) is 6.29 Å². The van der Waals surface area contributed by atoms with E-state index >= 15 is 0 Å². The number of sulfonamides is 1. The average molecular weight is 593 g/mol. The Morgan fingerprint density at radius 2 is 1.80 bits per heavy atom. The van der Waals surface area contributed by atoms with Crippen LogP contribution in [0.3, 0.4) is 0 Å². The van der Waals surface area contributed by atoms with Crippen LogP contribution in [0.4, 0.5) is 10.5 Å². The lowest BCUT2D eigenvalue weighted by Gasteiger charge is -2.31. The molecule has 0 bridgehead atoms. The molecule has 11 nitrogen and oxygen atoms in total. The van der Waals surface area contributed by atoms with Crippen LogP contribution in [-0.2, 0) is 30.7 Å². The molecule has 1 amide bonds. The number of benzene rings is 2. The number of aliphatic hydroxyl groups is 1. The first-order valence-corrected chi connectivity index (χ1v) is 15.3. The second-order valence-corrected chi connectivity index (χ2v) is 12.5. The molecule has 0 saturated carbocycles. The van der Waals surface area contributed by atoms with E-state index in [-0.39, 0.29) is 55.7 Å². The summed E-state index contributed by atoms with van der Waals surface area (Å²) in [7, 11) is -3.93. The minimum Gasteiger partial charge on any atom is -0.855 e. The zero-order chi connectivity index (χ0) is 30.0. The zero-order valence-corrected chi connectivity index (χ0v) is 24.7. The summed E-state index contributed by atoms with van der Waals surface area (Å²) in [6.07, 6.45) is -1.69. The smallest absolute Gasteiger partial charge is 0.407 e. The fourth-order valence-corrected chi connectivity index (χ4v) is 6.45. The lowest BCUT2D eigenvalue weighted by atomic mass is 10.0. The number of anilines is 1. The van der Waals surface area contributed by atoms with Crippen molar-refractivity contribution in [3.8, 4) is 0 Å². The number of nitrogen functional groups attached to an aromatic ring is 1. The van der Waals surface area contributed by atoms with E-state index in [0.717, 1.165) is 12.0 Å². The number of nitrogens with two attached hydrogens (primary N) is 1. The number of hydrogen-bond donors (Lipinski definition) is 3. The van der Waals surface area contributed by atoms with E-state index in [1.807, 2.05) is 44.2 Å². The number of carbonyl (C=O) groups excluding carboxylic acids is 1. The van der Waals surface area contributed by atoms with Crippen molar-refractivity contribution in [1.82, 2.24) is 9.62 Å². The molecular formula is C29H42N3O8S-. The van der Waals surface area contributed by atoms with Gasteiger partial charge in [-0.15, -0.1) is 6.61 Å². The number of aliphatic hydroxyl groups excluding tert-OH is 1. The van der Waals surface area contributed by atoms with Crippen LogP contribution < -0.4 is 16.2 Å². The highest BCUT2D eigenvalue weighted by molar-refractivity contribution is 7.89. The Morgan fingerprint density at radius 1 is 1.15 bits per heavy atom. The van der Waals surface area contributed by atoms with Crippen LogP contribution in [0.2, 0.25) is 0 Å². The van der Waals surface area contributed by atoms with Crippen molar-refractivity contribution in [2.24, 2.45) is 11.8 Å². The van der Waals surface area contributed by atoms with Gasteiger partial charge in [-0.05, 0) is 48.6 Å². The molecule has 5 atom stereocenters. The molecule has 2 heterocycles. The van der Waals surface area contributed by atoms with E-state index in [1.165, 1.54) is 28.6 Å². The molecule has 0 aromatic heterocycles. The van der Waals surface area contributed by atoms with Gasteiger partial charge in [0, 0.05) is 18.8 Å². The number of alkyl carbamates (subject to hydrolysis) is 1. The van der Waals surface area contributed by atoms with Gasteiger partial charge >= 0.3 is 6.09 Å². The lowest BCUT2D eigenvalue weighted by molar-refractivity contribution is -0.361. The number of hydrogen-bond acceptors (Lipinski definition) is 9. The highest BCUT2D eigenvalue weighted by Gasteiger charge is 2.44. The third kappa shape index (κ3) is 9.38. The molecule has 2 saturated heterocycles. The SMILES string of the molecule is CC(C)CN(C[C@@H](O)[C@H](Cc1ccccc1)NC(=O)O[C@H]1CO[C@H]2OCC[C@H]21)S(=O)(=O)c1ccc(N)cc1.CC[O-]. The maximum atomic E-state index is 13.5. The third-order valence-corrected chi connectivity index (χ3v) is 8.63. The minimum atomic E-state index is -3.93. The Bertz CT molecular complexity index is 1180. The van der Waals surface area contributed by atoms with Crippen molar-refractivity contribution in [3.05, 3.63) is 60.2 Å². The summed E-state index contributed by atoms with van der Waals surface area (Å²) in [6.45, 7) is 6.15. The molecule has 2 aromatic carbocycles. The van der Waals surface area contributed by atoms with Crippen molar-refractivity contribution in [2.75, 3.05) is 38.6 Å². The van der Waals surface area contributed by atoms with Crippen molar-refractivity contribution < 1.29 is 37.6 Å². The van der Waals surface area contributed by atoms with Crippen molar-refractivity contribution in [2.45, 2.75) is 63.0 Å². The lowest BCUT2D eigenvalue weighted by Crippen LogP contribution is -2.51. The molecule has 2 aromatic rings. The number of nitrogens with zero attached hydrogens (tertiary/aromatic N) is 1. The Morgan fingerprint density at radius 3 is 2.44 bits per heavy atom. The molecule has 41 heavy (non-hydrogen) atoms. The Balaban J connectivity index is 0.00000147.